The predicted octanol–water partition coefficient (Wildman–Crippen LogP) is 1.17. The second kappa shape index (κ2) is 6.52. The first-order chi connectivity index (χ1) is 9.33. The van der Waals surface area contributed by atoms with Crippen LogP contribution in [0.1, 0.15) is 19.4 Å². The van der Waals surface area contributed by atoms with Crippen LogP contribution < -0.4 is 5.73 Å². The van der Waals surface area contributed by atoms with Crippen LogP contribution in [-0.2, 0) is 20.9 Å². The number of methoxy groups -OCH3 is 1. The third kappa shape index (κ3) is 3.17. The maximum atomic E-state index is 12.5. The van der Waals surface area contributed by atoms with Crippen LogP contribution >= 0.6 is 0 Å². The molecule has 0 radical (unpaired) electrons. The molecule has 0 bridgehead atoms. The van der Waals surface area contributed by atoms with Gasteiger partial charge in [0.25, 0.3) is 5.91 Å². The van der Waals surface area contributed by atoms with Gasteiger partial charge in [0.1, 0.15) is 0 Å². The van der Waals surface area contributed by atoms with E-state index in [1.54, 1.807) is 20.9 Å². The van der Waals surface area contributed by atoms with E-state index in [0.717, 1.165) is 5.56 Å². The van der Waals surface area contributed by atoms with Gasteiger partial charge in [-0.1, -0.05) is 44.2 Å². The number of carbonyl (C=O) groups is 2. The van der Waals surface area contributed by atoms with Crippen molar-refractivity contribution in [3.63, 3.8) is 0 Å². The second-order valence-corrected chi connectivity index (χ2v) is 5.16. The van der Waals surface area contributed by atoms with Crippen LogP contribution in [0.25, 0.3) is 0 Å². The van der Waals surface area contributed by atoms with Crippen molar-refractivity contribution in [2.45, 2.75) is 25.9 Å². The van der Waals surface area contributed by atoms with E-state index in [2.05, 4.69) is 4.74 Å². The van der Waals surface area contributed by atoms with Crippen molar-refractivity contribution in [3.05, 3.63) is 35.9 Å². The maximum Gasteiger partial charge on any atom is 0.335 e. The Labute approximate surface area is 119 Å². The normalized spacial score (nSPS) is 13.7. The number of benzene rings is 1. The van der Waals surface area contributed by atoms with Gasteiger partial charge in [-0.15, -0.1) is 0 Å². The van der Waals surface area contributed by atoms with E-state index in [1.165, 1.54) is 12.0 Å². The molecule has 1 atom stereocenters. The smallest absolute Gasteiger partial charge is 0.335 e. The van der Waals surface area contributed by atoms with E-state index in [0.29, 0.717) is 6.54 Å². The number of ether oxygens (including phenoxy) is 1. The van der Waals surface area contributed by atoms with Crippen LogP contribution in [0.3, 0.4) is 0 Å². The van der Waals surface area contributed by atoms with Crippen LogP contribution in [0.15, 0.2) is 30.3 Å². The van der Waals surface area contributed by atoms with Gasteiger partial charge >= 0.3 is 5.97 Å². The highest BCUT2D eigenvalue weighted by Crippen LogP contribution is 2.19. The van der Waals surface area contributed by atoms with Gasteiger partial charge in [-0.05, 0) is 11.5 Å². The molecule has 0 aliphatic heterocycles. The van der Waals surface area contributed by atoms with Crippen LogP contribution in [0, 0.1) is 5.92 Å². The van der Waals surface area contributed by atoms with Crippen molar-refractivity contribution in [1.82, 2.24) is 4.90 Å². The van der Waals surface area contributed by atoms with Crippen molar-refractivity contribution < 1.29 is 14.3 Å². The van der Waals surface area contributed by atoms with Crippen LogP contribution in [0.5, 0.6) is 0 Å². The fraction of sp³-hybridized carbons (Fsp3) is 0.467. The molecule has 2 N–H and O–H groups in total. The minimum absolute atomic E-state index is 0.360. The Kier molecular flexibility index (Phi) is 5.27. The van der Waals surface area contributed by atoms with Crippen LogP contribution in [0.2, 0.25) is 0 Å². The lowest BCUT2D eigenvalue weighted by Crippen LogP contribution is -2.63. The zero-order valence-electron chi connectivity index (χ0n) is 12.4. The highest BCUT2D eigenvalue weighted by atomic mass is 16.5. The lowest BCUT2D eigenvalue weighted by molar-refractivity contribution is -0.158. The molecule has 0 unspecified atom stereocenters. The van der Waals surface area contributed by atoms with Gasteiger partial charge in [0.15, 0.2) is 5.54 Å². The van der Waals surface area contributed by atoms with Crippen molar-refractivity contribution in [2.24, 2.45) is 11.7 Å². The molecule has 5 heteroatoms. The van der Waals surface area contributed by atoms with Crippen molar-refractivity contribution in [2.75, 3.05) is 14.2 Å². The molecule has 110 valence electrons. The summed E-state index contributed by atoms with van der Waals surface area (Å²) in [6.45, 7) is 3.85. The van der Waals surface area contributed by atoms with Gasteiger partial charge in [0, 0.05) is 13.6 Å². The summed E-state index contributed by atoms with van der Waals surface area (Å²) in [6, 6.07) is 9.52. The average Bonchev–Trinajstić information content (AvgIpc) is 2.45. The Morgan fingerprint density at radius 3 is 2.30 bits per heavy atom. The highest BCUT2D eigenvalue weighted by molar-refractivity contribution is 6.07. The molecule has 1 rings (SSSR count). The number of carbonyl (C=O) groups excluding carboxylic acids is 2. The van der Waals surface area contributed by atoms with E-state index in [-0.39, 0.29) is 5.92 Å². The number of hydrogen-bond donors (Lipinski definition) is 1. The van der Waals surface area contributed by atoms with Gasteiger partial charge in [0.05, 0.1) is 7.11 Å². The molecular weight excluding hydrogens is 256 g/mol. The summed E-state index contributed by atoms with van der Waals surface area (Å²) in [5.74, 6) is -1.51. The van der Waals surface area contributed by atoms with E-state index >= 15 is 0 Å². The molecule has 1 aromatic carbocycles. The van der Waals surface area contributed by atoms with E-state index < -0.39 is 17.4 Å². The molecule has 0 saturated carbocycles. The third-order valence-electron chi connectivity index (χ3n) is 3.40. The number of nitrogens with zero attached hydrogens (tertiary/aromatic N) is 1. The molecule has 0 aromatic heterocycles. The SMILES string of the molecule is COC(=O)[C@@](N)(C(=O)N(C)Cc1ccccc1)C(C)C. The highest BCUT2D eigenvalue weighted by Gasteiger charge is 2.47. The second-order valence-electron chi connectivity index (χ2n) is 5.16. The van der Waals surface area contributed by atoms with E-state index in [1.807, 2.05) is 30.3 Å². The van der Waals surface area contributed by atoms with Gasteiger partial charge in [-0.25, -0.2) is 4.79 Å². The molecular formula is C15H22N2O3. The standard InChI is InChI=1S/C15H22N2O3/c1-11(2)15(16,14(19)20-4)13(18)17(3)10-12-8-6-5-7-9-12/h5-9,11H,10,16H2,1-4H3/t15-/m0/s1. The first-order valence-electron chi connectivity index (χ1n) is 6.50. The topological polar surface area (TPSA) is 72.6 Å². The molecule has 0 spiro atoms. The Morgan fingerprint density at radius 1 is 1.30 bits per heavy atom. The lowest BCUT2D eigenvalue weighted by Gasteiger charge is -2.33. The Bertz CT molecular complexity index is 473. The number of hydrogen-bond acceptors (Lipinski definition) is 4. The zero-order valence-corrected chi connectivity index (χ0v) is 12.4. The zero-order chi connectivity index (χ0) is 15.3. The molecule has 0 aliphatic carbocycles. The molecule has 0 fully saturated rings. The molecule has 1 amide bonds. The number of nitrogens with two attached hydrogens (primary N) is 1. The maximum absolute atomic E-state index is 12.5. The third-order valence-corrected chi connectivity index (χ3v) is 3.40. The first kappa shape index (κ1) is 16.2. The van der Waals surface area contributed by atoms with Crippen molar-refractivity contribution in [3.8, 4) is 0 Å². The summed E-state index contributed by atoms with van der Waals surface area (Å²) in [6.07, 6.45) is 0. The number of esters is 1. The van der Waals surface area contributed by atoms with Crippen LogP contribution in [0.4, 0.5) is 0 Å². The number of likely N-dealkylation sites (N-methyl/N-ethyl adjacent to an activating group) is 1. The number of amides is 1. The Hall–Kier alpha value is -1.88. The largest absolute Gasteiger partial charge is 0.467 e. The predicted molar refractivity (Wildman–Crippen MR) is 76.7 cm³/mol. The fourth-order valence-electron chi connectivity index (χ4n) is 1.98. The summed E-state index contributed by atoms with van der Waals surface area (Å²) >= 11 is 0. The van der Waals surface area contributed by atoms with Gasteiger partial charge in [-0.2, -0.15) is 0 Å². The minimum atomic E-state index is -1.65. The average molecular weight is 278 g/mol. The molecule has 20 heavy (non-hydrogen) atoms. The van der Waals surface area contributed by atoms with Gasteiger partial charge < -0.3 is 15.4 Å². The van der Waals surface area contributed by atoms with E-state index in [4.69, 9.17) is 5.73 Å². The minimum Gasteiger partial charge on any atom is -0.467 e. The molecule has 0 saturated heterocycles. The fourth-order valence-corrected chi connectivity index (χ4v) is 1.98. The van der Waals surface area contributed by atoms with Crippen LogP contribution in [-0.4, -0.2) is 36.5 Å². The van der Waals surface area contributed by atoms with Crippen molar-refractivity contribution in [1.29, 1.82) is 0 Å². The van der Waals surface area contributed by atoms with E-state index in [9.17, 15) is 9.59 Å². The Morgan fingerprint density at radius 2 is 1.85 bits per heavy atom. The Balaban J connectivity index is 2.93. The summed E-state index contributed by atoms with van der Waals surface area (Å²) in [4.78, 5) is 25.8. The molecule has 0 aliphatic rings. The monoisotopic (exact) mass is 278 g/mol. The van der Waals surface area contributed by atoms with Crippen molar-refractivity contribution >= 4 is 11.9 Å². The quantitative estimate of drug-likeness (QED) is 0.648. The summed E-state index contributed by atoms with van der Waals surface area (Å²) in [7, 11) is 2.86. The molecule has 1 aromatic rings. The lowest BCUT2D eigenvalue weighted by atomic mass is 9.86. The first-order valence-corrected chi connectivity index (χ1v) is 6.50. The molecule has 5 nitrogen and oxygen atoms in total. The van der Waals surface area contributed by atoms with Gasteiger partial charge in [-0.3, -0.25) is 4.79 Å². The summed E-state index contributed by atoms with van der Waals surface area (Å²) < 4.78 is 4.69. The molecule has 0 heterocycles. The summed E-state index contributed by atoms with van der Waals surface area (Å²) in [5.41, 5.74) is 5.34. The van der Waals surface area contributed by atoms with Gasteiger partial charge in [0.2, 0.25) is 0 Å². The number of rotatable bonds is 5. The summed E-state index contributed by atoms with van der Waals surface area (Å²) in [5, 5.41) is 0.